The molecule has 0 aromatic rings. The highest BCUT2D eigenvalue weighted by molar-refractivity contribution is 5.78. The molecule has 0 aromatic heterocycles. The molecule has 2 heterocycles. The van der Waals surface area contributed by atoms with Gasteiger partial charge in [0, 0.05) is 18.5 Å². The number of hydrogen-bond donors (Lipinski definition) is 1. The minimum absolute atomic E-state index is 0.118. The predicted molar refractivity (Wildman–Crippen MR) is 74.7 cm³/mol. The predicted octanol–water partition coefficient (Wildman–Crippen LogP) is 2.72. The number of aliphatic hydroxyl groups excluding tert-OH is 1. The van der Waals surface area contributed by atoms with E-state index < -0.39 is 0 Å². The van der Waals surface area contributed by atoms with Gasteiger partial charge in [-0.15, -0.1) is 0 Å². The Morgan fingerprint density at radius 3 is 2.95 bits per heavy atom. The van der Waals surface area contributed by atoms with Gasteiger partial charge in [-0.1, -0.05) is 13.3 Å². The van der Waals surface area contributed by atoms with Crippen LogP contribution >= 0.6 is 0 Å². The average molecular weight is 265 g/mol. The number of nitrogens with zero attached hydrogens (tertiary/aromatic N) is 1. The van der Waals surface area contributed by atoms with E-state index in [9.17, 15) is 9.90 Å². The van der Waals surface area contributed by atoms with Crippen LogP contribution in [0.25, 0.3) is 0 Å². The number of aliphatic hydroxyl groups is 1. The first-order valence-corrected chi connectivity index (χ1v) is 8.17. The molecule has 3 aliphatic rings. The SMILES string of the molecule is CCC[C@@H]1[C@H](O)CC[C@]23CCCN2C(=O)CCC[C@H]13. The Labute approximate surface area is 116 Å². The molecule has 3 heteroatoms. The largest absolute Gasteiger partial charge is 0.393 e. The maximum atomic E-state index is 12.4. The van der Waals surface area contributed by atoms with Crippen LogP contribution in [0.5, 0.6) is 0 Å². The van der Waals surface area contributed by atoms with Crippen molar-refractivity contribution >= 4 is 5.91 Å². The van der Waals surface area contributed by atoms with E-state index in [0.717, 1.165) is 57.9 Å². The molecule has 0 radical (unpaired) electrons. The van der Waals surface area contributed by atoms with Crippen molar-refractivity contribution in [2.45, 2.75) is 76.4 Å². The highest BCUT2D eigenvalue weighted by Crippen LogP contribution is 2.52. The fourth-order valence-electron chi connectivity index (χ4n) is 5.20. The zero-order valence-corrected chi connectivity index (χ0v) is 12.1. The highest BCUT2D eigenvalue weighted by Gasteiger charge is 2.55. The zero-order chi connectivity index (χ0) is 13.5. The summed E-state index contributed by atoms with van der Waals surface area (Å²) in [5, 5.41) is 10.4. The molecule has 3 rings (SSSR count). The number of carbonyl (C=O) groups is 1. The van der Waals surface area contributed by atoms with Crippen LogP contribution in [0, 0.1) is 11.8 Å². The first-order chi connectivity index (χ1) is 9.19. The molecule has 1 saturated carbocycles. The monoisotopic (exact) mass is 265 g/mol. The smallest absolute Gasteiger partial charge is 0.223 e. The molecule has 2 aliphatic heterocycles. The number of rotatable bonds is 2. The number of amides is 1. The minimum Gasteiger partial charge on any atom is -0.393 e. The molecule has 1 amide bonds. The summed E-state index contributed by atoms with van der Waals surface area (Å²) in [5.74, 6) is 1.35. The van der Waals surface area contributed by atoms with Crippen molar-refractivity contribution in [3.63, 3.8) is 0 Å². The molecule has 1 aliphatic carbocycles. The van der Waals surface area contributed by atoms with Crippen molar-refractivity contribution < 1.29 is 9.90 Å². The third-order valence-electron chi connectivity index (χ3n) is 5.93. The van der Waals surface area contributed by atoms with Gasteiger partial charge in [0.15, 0.2) is 0 Å². The quantitative estimate of drug-likeness (QED) is 0.834. The summed E-state index contributed by atoms with van der Waals surface area (Å²) in [5.41, 5.74) is 0.118. The van der Waals surface area contributed by atoms with Gasteiger partial charge in [-0.05, 0) is 56.8 Å². The van der Waals surface area contributed by atoms with E-state index in [1.807, 2.05) is 0 Å². The summed E-state index contributed by atoms with van der Waals surface area (Å²) in [4.78, 5) is 14.6. The van der Waals surface area contributed by atoms with Gasteiger partial charge in [-0.3, -0.25) is 4.79 Å². The lowest BCUT2D eigenvalue weighted by Crippen LogP contribution is -2.57. The van der Waals surface area contributed by atoms with Gasteiger partial charge in [0.2, 0.25) is 5.91 Å². The Bertz CT molecular complexity index is 357. The Kier molecular flexibility index (Phi) is 3.59. The normalized spacial score (nSPS) is 42.7. The molecule has 0 bridgehead atoms. The van der Waals surface area contributed by atoms with E-state index in [4.69, 9.17) is 0 Å². The Balaban J connectivity index is 1.94. The van der Waals surface area contributed by atoms with Crippen LogP contribution < -0.4 is 0 Å². The average Bonchev–Trinajstić information content (AvgIpc) is 2.76. The van der Waals surface area contributed by atoms with E-state index >= 15 is 0 Å². The van der Waals surface area contributed by atoms with Crippen molar-refractivity contribution in [3.8, 4) is 0 Å². The van der Waals surface area contributed by atoms with Gasteiger partial charge in [0.1, 0.15) is 0 Å². The first-order valence-electron chi connectivity index (χ1n) is 8.17. The van der Waals surface area contributed by atoms with Gasteiger partial charge >= 0.3 is 0 Å². The van der Waals surface area contributed by atoms with Gasteiger partial charge in [-0.25, -0.2) is 0 Å². The molecule has 0 aromatic carbocycles. The summed E-state index contributed by atoms with van der Waals surface area (Å²) in [6, 6.07) is 0. The van der Waals surface area contributed by atoms with Crippen LogP contribution in [0.1, 0.15) is 64.7 Å². The lowest BCUT2D eigenvalue weighted by atomic mass is 9.62. The van der Waals surface area contributed by atoms with E-state index in [0.29, 0.717) is 17.7 Å². The second kappa shape index (κ2) is 5.08. The van der Waals surface area contributed by atoms with E-state index in [1.165, 1.54) is 6.42 Å². The molecule has 0 unspecified atom stereocenters. The maximum Gasteiger partial charge on any atom is 0.223 e. The molecule has 4 atom stereocenters. The molecule has 1 spiro atoms. The van der Waals surface area contributed by atoms with Crippen molar-refractivity contribution in [1.82, 2.24) is 4.90 Å². The zero-order valence-electron chi connectivity index (χ0n) is 12.1. The maximum absolute atomic E-state index is 12.4. The Hall–Kier alpha value is -0.570. The molecular formula is C16H27NO2. The summed E-state index contributed by atoms with van der Waals surface area (Å²) < 4.78 is 0. The highest BCUT2D eigenvalue weighted by atomic mass is 16.3. The molecule has 19 heavy (non-hydrogen) atoms. The van der Waals surface area contributed by atoms with Crippen LogP contribution in [0.15, 0.2) is 0 Å². The fraction of sp³-hybridized carbons (Fsp3) is 0.938. The van der Waals surface area contributed by atoms with Crippen molar-refractivity contribution in [3.05, 3.63) is 0 Å². The summed E-state index contributed by atoms with van der Waals surface area (Å²) in [6.07, 6.45) is 9.29. The van der Waals surface area contributed by atoms with E-state index in [1.54, 1.807) is 0 Å². The van der Waals surface area contributed by atoms with Crippen LogP contribution in [0.2, 0.25) is 0 Å². The second-order valence-electron chi connectivity index (χ2n) is 6.81. The van der Waals surface area contributed by atoms with Crippen LogP contribution in [0.3, 0.4) is 0 Å². The van der Waals surface area contributed by atoms with Crippen molar-refractivity contribution in [1.29, 1.82) is 0 Å². The minimum atomic E-state index is -0.133. The second-order valence-corrected chi connectivity index (χ2v) is 6.81. The van der Waals surface area contributed by atoms with Gasteiger partial charge < -0.3 is 10.0 Å². The number of carbonyl (C=O) groups excluding carboxylic acids is 1. The van der Waals surface area contributed by atoms with Gasteiger partial charge in [0.05, 0.1) is 6.10 Å². The third kappa shape index (κ3) is 2.01. The molecule has 1 N–H and O–H groups in total. The summed E-state index contributed by atoms with van der Waals surface area (Å²) in [7, 11) is 0. The van der Waals surface area contributed by atoms with Crippen molar-refractivity contribution in [2.24, 2.45) is 11.8 Å². The van der Waals surface area contributed by atoms with Crippen LogP contribution in [0.4, 0.5) is 0 Å². The van der Waals surface area contributed by atoms with Crippen molar-refractivity contribution in [2.75, 3.05) is 6.54 Å². The summed E-state index contributed by atoms with van der Waals surface area (Å²) in [6.45, 7) is 3.17. The molecule has 3 nitrogen and oxygen atoms in total. The Morgan fingerprint density at radius 1 is 1.32 bits per heavy atom. The Morgan fingerprint density at radius 2 is 2.16 bits per heavy atom. The van der Waals surface area contributed by atoms with Crippen LogP contribution in [-0.4, -0.2) is 34.1 Å². The first kappa shape index (κ1) is 13.4. The van der Waals surface area contributed by atoms with Crippen LogP contribution in [-0.2, 0) is 4.79 Å². The standard InChI is InChI=1S/C16H27NO2/c1-2-5-12-13-6-3-7-15(19)17-11-4-9-16(13,17)10-8-14(12)18/h12-14,18H,2-11H2,1H3/t12-,13+,14+,16-/m0/s1. The molecule has 2 saturated heterocycles. The lowest BCUT2D eigenvalue weighted by molar-refractivity contribution is -0.141. The van der Waals surface area contributed by atoms with Gasteiger partial charge in [-0.2, -0.15) is 0 Å². The van der Waals surface area contributed by atoms with E-state index in [2.05, 4.69) is 11.8 Å². The molecule has 108 valence electrons. The van der Waals surface area contributed by atoms with E-state index in [-0.39, 0.29) is 11.6 Å². The number of hydrogen-bond acceptors (Lipinski definition) is 2. The summed E-state index contributed by atoms with van der Waals surface area (Å²) >= 11 is 0. The lowest BCUT2D eigenvalue weighted by Gasteiger charge is -2.51. The molecular weight excluding hydrogens is 238 g/mol. The fourth-order valence-corrected chi connectivity index (χ4v) is 5.20. The molecule has 3 fully saturated rings. The third-order valence-corrected chi connectivity index (χ3v) is 5.93. The topological polar surface area (TPSA) is 40.5 Å². The van der Waals surface area contributed by atoms with Gasteiger partial charge in [0.25, 0.3) is 0 Å².